The second kappa shape index (κ2) is 6.11. The minimum absolute atomic E-state index is 0.0108. The van der Waals surface area contributed by atoms with E-state index in [-0.39, 0.29) is 24.0 Å². The molecular weight excluding hydrogens is 285 g/mol. The number of hydrogen-bond donors (Lipinski definition) is 1. The van der Waals surface area contributed by atoms with Crippen molar-refractivity contribution in [3.05, 3.63) is 17.4 Å². The molecule has 0 saturated carbocycles. The van der Waals surface area contributed by atoms with Gasteiger partial charge in [-0.1, -0.05) is 11.6 Å². The Morgan fingerprint density at radius 1 is 1.45 bits per heavy atom. The Labute approximate surface area is 122 Å². The van der Waals surface area contributed by atoms with Crippen molar-refractivity contribution in [3.63, 3.8) is 0 Å². The summed E-state index contributed by atoms with van der Waals surface area (Å²) in [5, 5.41) is 3.61. The van der Waals surface area contributed by atoms with E-state index in [2.05, 4.69) is 15.2 Å². The molecule has 2 aliphatic rings. The zero-order chi connectivity index (χ0) is 13.9. The number of aromatic nitrogens is 1. The number of rotatable bonds is 4. The van der Waals surface area contributed by atoms with E-state index >= 15 is 0 Å². The molecule has 2 fully saturated rings. The van der Waals surface area contributed by atoms with E-state index in [0.717, 1.165) is 31.9 Å². The van der Waals surface area contributed by atoms with Crippen molar-refractivity contribution in [2.75, 3.05) is 44.4 Å². The lowest BCUT2D eigenvalue weighted by atomic mass is 10.1. The molecule has 2 unspecified atom stereocenters. The molecule has 3 heterocycles. The van der Waals surface area contributed by atoms with E-state index in [0.29, 0.717) is 5.75 Å². The third kappa shape index (κ3) is 2.97. The number of alkyl halides is 1. The topological polar surface area (TPSA) is 46.6 Å². The number of morpholine rings is 2. The van der Waals surface area contributed by atoms with Crippen LogP contribution < -0.4 is 15.0 Å². The highest BCUT2D eigenvalue weighted by Crippen LogP contribution is 2.29. The number of anilines is 1. The smallest absolute Gasteiger partial charge is 0.171 e. The van der Waals surface area contributed by atoms with Crippen molar-refractivity contribution >= 4 is 17.3 Å². The summed E-state index contributed by atoms with van der Waals surface area (Å²) in [6.45, 7) is 2.76. The number of pyridine rings is 1. The van der Waals surface area contributed by atoms with Gasteiger partial charge in [-0.15, -0.1) is 0 Å². The van der Waals surface area contributed by atoms with E-state index in [9.17, 15) is 4.39 Å². The Morgan fingerprint density at radius 3 is 2.90 bits per heavy atom. The fraction of sp³-hybridized carbons (Fsp3) is 0.615. The van der Waals surface area contributed by atoms with Crippen molar-refractivity contribution in [2.24, 2.45) is 0 Å². The molecule has 5 nitrogen and oxygen atoms in total. The van der Waals surface area contributed by atoms with Crippen LogP contribution in [0.1, 0.15) is 0 Å². The maximum absolute atomic E-state index is 12.2. The summed E-state index contributed by atoms with van der Waals surface area (Å²) in [5.74, 6) is 0.427. The molecule has 0 radical (unpaired) electrons. The first kappa shape index (κ1) is 13.9. The molecule has 2 atom stereocenters. The lowest BCUT2D eigenvalue weighted by Gasteiger charge is -2.42. The molecule has 2 saturated heterocycles. The van der Waals surface area contributed by atoms with Gasteiger partial charge in [0, 0.05) is 32.2 Å². The summed E-state index contributed by atoms with van der Waals surface area (Å²) in [4.78, 5) is 6.33. The van der Waals surface area contributed by atoms with Crippen LogP contribution in [-0.4, -0.2) is 56.7 Å². The first-order valence-electron chi connectivity index (χ1n) is 6.71. The molecule has 0 spiro atoms. The Morgan fingerprint density at radius 2 is 2.20 bits per heavy atom. The molecule has 2 bridgehead atoms. The van der Waals surface area contributed by atoms with E-state index < -0.39 is 6.67 Å². The van der Waals surface area contributed by atoms with Crippen LogP contribution in [0.4, 0.5) is 10.1 Å². The third-order valence-electron chi connectivity index (χ3n) is 3.47. The molecule has 1 N–H and O–H groups in total. The molecule has 0 amide bonds. The van der Waals surface area contributed by atoms with Crippen molar-refractivity contribution in [2.45, 2.75) is 12.2 Å². The van der Waals surface area contributed by atoms with Crippen LogP contribution in [0.5, 0.6) is 5.75 Å². The average molecular weight is 302 g/mol. The van der Waals surface area contributed by atoms with E-state index in [4.69, 9.17) is 21.1 Å². The van der Waals surface area contributed by atoms with Gasteiger partial charge in [0.2, 0.25) is 0 Å². The zero-order valence-electron chi connectivity index (χ0n) is 11.0. The Bertz CT molecular complexity index is 465. The highest BCUT2D eigenvalue weighted by Gasteiger charge is 2.31. The van der Waals surface area contributed by atoms with Crippen molar-refractivity contribution in [1.29, 1.82) is 0 Å². The molecule has 2 aliphatic heterocycles. The minimum Gasteiger partial charge on any atom is -0.488 e. The maximum atomic E-state index is 12.2. The summed E-state index contributed by atoms with van der Waals surface area (Å²) < 4.78 is 23.3. The summed E-state index contributed by atoms with van der Waals surface area (Å²) in [7, 11) is 0. The van der Waals surface area contributed by atoms with Crippen LogP contribution in [0.2, 0.25) is 5.15 Å². The summed E-state index contributed by atoms with van der Waals surface area (Å²) >= 11 is 5.95. The molecule has 0 aliphatic carbocycles. The highest BCUT2D eigenvalue weighted by molar-refractivity contribution is 6.30. The molecular formula is C13H17ClFN3O2. The Kier molecular flexibility index (Phi) is 4.24. The number of hydrogen-bond acceptors (Lipinski definition) is 5. The largest absolute Gasteiger partial charge is 0.488 e. The van der Waals surface area contributed by atoms with E-state index in [1.807, 2.05) is 6.07 Å². The van der Waals surface area contributed by atoms with Crippen LogP contribution >= 0.6 is 11.6 Å². The second-order valence-electron chi connectivity index (χ2n) is 4.96. The molecule has 1 aromatic heterocycles. The van der Waals surface area contributed by atoms with Gasteiger partial charge in [0.05, 0.1) is 24.1 Å². The lowest BCUT2D eigenvalue weighted by Crippen LogP contribution is -2.58. The first-order chi connectivity index (χ1) is 9.76. The van der Waals surface area contributed by atoms with Gasteiger partial charge >= 0.3 is 0 Å². The quantitative estimate of drug-likeness (QED) is 0.849. The highest BCUT2D eigenvalue weighted by atomic mass is 35.5. The van der Waals surface area contributed by atoms with Gasteiger partial charge in [-0.3, -0.25) is 0 Å². The molecule has 1 aromatic rings. The van der Waals surface area contributed by atoms with Crippen LogP contribution in [0.15, 0.2) is 12.3 Å². The van der Waals surface area contributed by atoms with E-state index in [1.165, 1.54) is 0 Å². The summed E-state index contributed by atoms with van der Waals surface area (Å²) in [6, 6.07) is 1.82. The SMILES string of the molecule is FCCOc1cc(N2CC3CNCC(C2)O3)cnc1Cl. The van der Waals surface area contributed by atoms with Gasteiger partial charge in [0.15, 0.2) is 10.9 Å². The first-order valence-corrected chi connectivity index (χ1v) is 7.09. The Hall–Kier alpha value is -1.11. The number of ether oxygens (including phenoxy) is 2. The van der Waals surface area contributed by atoms with Crippen LogP contribution in [0.3, 0.4) is 0 Å². The van der Waals surface area contributed by atoms with Crippen LogP contribution in [-0.2, 0) is 4.74 Å². The summed E-state index contributed by atoms with van der Waals surface area (Å²) in [6.07, 6.45) is 2.10. The minimum atomic E-state index is -0.548. The zero-order valence-corrected chi connectivity index (χ0v) is 11.8. The van der Waals surface area contributed by atoms with Gasteiger partial charge in [-0.25, -0.2) is 9.37 Å². The predicted molar refractivity (Wildman–Crippen MR) is 74.5 cm³/mol. The van der Waals surface area contributed by atoms with Gasteiger partial charge in [0.1, 0.15) is 13.3 Å². The summed E-state index contributed by atoms with van der Waals surface area (Å²) in [5.41, 5.74) is 0.934. The monoisotopic (exact) mass is 301 g/mol. The standard InChI is InChI=1S/C13H17ClFN3O2/c14-13-12(19-2-1-15)3-9(4-17-13)18-7-10-5-16-6-11(8-18)20-10/h3-4,10-11,16H,1-2,5-8H2. The van der Waals surface area contributed by atoms with Crippen LogP contribution in [0, 0.1) is 0 Å². The number of fused-ring (bicyclic) bond motifs is 2. The number of halogens is 2. The number of nitrogens with zero attached hydrogens (tertiary/aromatic N) is 2. The van der Waals surface area contributed by atoms with Crippen molar-refractivity contribution < 1.29 is 13.9 Å². The molecule has 0 aromatic carbocycles. The van der Waals surface area contributed by atoms with Gasteiger partial charge in [0.25, 0.3) is 0 Å². The molecule has 3 rings (SSSR count). The van der Waals surface area contributed by atoms with Crippen molar-refractivity contribution in [1.82, 2.24) is 10.3 Å². The second-order valence-corrected chi connectivity index (χ2v) is 5.32. The van der Waals surface area contributed by atoms with E-state index in [1.54, 1.807) is 6.20 Å². The van der Waals surface area contributed by atoms with Gasteiger partial charge in [-0.2, -0.15) is 0 Å². The fourth-order valence-electron chi connectivity index (χ4n) is 2.61. The van der Waals surface area contributed by atoms with Crippen molar-refractivity contribution in [3.8, 4) is 5.75 Å². The lowest BCUT2D eigenvalue weighted by molar-refractivity contribution is -0.0484. The van der Waals surface area contributed by atoms with Gasteiger partial charge in [-0.05, 0) is 0 Å². The number of nitrogens with one attached hydrogen (secondary N) is 1. The predicted octanol–water partition coefficient (Wildman–Crippen LogP) is 1.26. The van der Waals surface area contributed by atoms with Crippen LogP contribution in [0.25, 0.3) is 0 Å². The normalized spacial score (nSPS) is 25.6. The third-order valence-corrected chi connectivity index (χ3v) is 3.75. The average Bonchev–Trinajstić information content (AvgIpc) is 2.46. The Balaban J connectivity index is 1.76. The molecule has 20 heavy (non-hydrogen) atoms. The fourth-order valence-corrected chi connectivity index (χ4v) is 2.76. The maximum Gasteiger partial charge on any atom is 0.171 e. The van der Waals surface area contributed by atoms with Gasteiger partial charge < -0.3 is 19.7 Å². The molecule has 7 heteroatoms. The molecule has 110 valence electrons.